The SMILES string of the molecule is O=C(O)C1COCC1NS(=O)(=O)c1cc(F)cc(F)c1. The monoisotopic (exact) mass is 307 g/mol. The number of halogens is 2. The summed E-state index contributed by atoms with van der Waals surface area (Å²) in [7, 11) is -4.23. The Morgan fingerprint density at radius 2 is 1.85 bits per heavy atom. The van der Waals surface area contributed by atoms with Crippen LogP contribution in [0, 0.1) is 17.6 Å². The number of ether oxygens (including phenoxy) is 1. The first kappa shape index (κ1) is 14.8. The van der Waals surface area contributed by atoms with Crippen molar-refractivity contribution < 1.29 is 31.8 Å². The molecule has 9 heteroatoms. The molecule has 0 amide bonds. The van der Waals surface area contributed by atoms with E-state index in [1.165, 1.54) is 0 Å². The second-order valence-electron chi connectivity index (χ2n) is 4.32. The summed E-state index contributed by atoms with van der Waals surface area (Å²) in [5.41, 5.74) is 0. The fourth-order valence-corrected chi connectivity index (χ4v) is 3.17. The summed E-state index contributed by atoms with van der Waals surface area (Å²) in [4.78, 5) is 10.3. The molecule has 1 heterocycles. The standard InChI is InChI=1S/C11H11F2NO5S/c12-6-1-7(13)3-8(2-6)20(17,18)14-10-5-19-4-9(10)11(15)16/h1-3,9-10,14H,4-5H2,(H,15,16). The summed E-state index contributed by atoms with van der Waals surface area (Å²) in [6, 6.07) is 0.856. The summed E-state index contributed by atoms with van der Waals surface area (Å²) in [6.45, 7) is -0.242. The Balaban J connectivity index is 2.25. The lowest BCUT2D eigenvalue weighted by molar-refractivity contribution is -0.142. The highest BCUT2D eigenvalue weighted by molar-refractivity contribution is 7.89. The molecular formula is C11H11F2NO5S. The highest BCUT2D eigenvalue weighted by Crippen LogP contribution is 2.19. The van der Waals surface area contributed by atoms with Gasteiger partial charge in [-0.25, -0.2) is 21.9 Å². The third-order valence-electron chi connectivity index (χ3n) is 2.85. The Hall–Kier alpha value is -1.58. The molecule has 0 saturated carbocycles. The van der Waals surface area contributed by atoms with Crippen LogP contribution in [-0.4, -0.2) is 38.7 Å². The van der Waals surface area contributed by atoms with Crippen LogP contribution in [0.15, 0.2) is 23.1 Å². The van der Waals surface area contributed by atoms with Gasteiger partial charge in [0.25, 0.3) is 0 Å². The van der Waals surface area contributed by atoms with Gasteiger partial charge in [-0.1, -0.05) is 0 Å². The van der Waals surface area contributed by atoms with Crippen molar-refractivity contribution in [3.05, 3.63) is 29.8 Å². The molecule has 0 bridgehead atoms. The van der Waals surface area contributed by atoms with Crippen LogP contribution >= 0.6 is 0 Å². The minimum atomic E-state index is -4.23. The third kappa shape index (κ3) is 3.11. The maximum Gasteiger partial charge on any atom is 0.310 e. The summed E-state index contributed by atoms with van der Waals surface area (Å²) < 4.78 is 57.0. The molecule has 6 nitrogen and oxygen atoms in total. The minimum Gasteiger partial charge on any atom is -0.481 e. The van der Waals surface area contributed by atoms with E-state index in [9.17, 15) is 22.0 Å². The van der Waals surface area contributed by atoms with Gasteiger partial charge in [-0.2, -0.15) is 0 Å². The molecule has 0 aromatic heterocycles. The Labute approximate surface area is 113 Å². The predicted octanol–water partition coefficient (Wildman–Crippen LogP) is 0.343. The van der Waals surface area contributed by atoms with Crippen LogP contribution in [0.3, 0.4) is 0 Å². The molecule has 1 saturated heterocycles. The maximum atomic E-state index is 13.0. The van der Waals surface area contributed by atoms with Crippen molar-refractivity contribution in [1.29, 1.82) is 0 Å². The molecule has 2 rings (SSSR count). The summed E-state index contributed by atoms with van der Waals surface area (Å²) in [5, 5.41) is 8.90. The molecule has 1 fully saturated rings. The van der Waals surface area contributed by atoms with Crippen LogP contribution in [0.1, 0.15) is 0 Å². The topological polar surface area (TPSA) is 92.7 Å². The zero-order chi connectivity index (χ0) is 14.9. The van der Waals surface area contributed by atoms with Crippen LogP contribution < -0.4 is 4.72 Å². The second kappa shape index (κ2) is 5.43. The van der Waals surface area contributed by atoms with Crippen LogP contribution in [0.5, 0.6) is 0 Å². The van der Waals surface area contributed by atoms with Gasteiger partial charge in [0, 0.05) is 6.07 Å². The van der Waals surface area contributed by atoms with E-state index in [2.05, 4.69) is 4.72 Å². The van der Waals surface area contributed by atoms with Gasteiger partial charge >= 0.3 is 5.97 Å². The van der Waals surface area contributed by atoms with E-state index in [-0.39, 0.29) is 13.2 Å². The Morgan fingerprint density at radius 1 is 1.25 bits per heavy atom. The Bertz CT molecular complexity index is 613. The lowest BCUT2D eigenvalue weighted by Crippen LogP contribution is -2.42. The van der Waals surface area contributed by atoms with Gasteiger partial charge in [-0.3, -0.25) is 4.79 Å². The number of hydrogen-bond donors (Lipinski definition) is 2. The van der Waals surface area contributed by atoms with Crippen molar-refractivity contribution in [2.75, 3.05) is 13.2 Å². The number of aliphatic carboxylic acids is 1. The van der Waals surface area contributed by atoms with Crippen LogP contribution in [-0.2, 0) is 19.6 Å². The van der Waals surface area contributed by atoms with Crippen molar-refractivity contribution in [3.63, 3.8) is 0 Å². The Morgan fingerprint density at radius 3 is 2.40 bits per heavy atom. The number of carbonyl (C=O) groups is 1. The average molecular weight is 307 g/mol. The van der Waals surface area contributed by atoms with Gasteiger partial charge < -0.3 is 9.84 Å². The lowest BCUT2D eigenvalue weighted by atomic mass is 10.1. The number of benzene rings is 1. The van der Waals surface area contributed by atoms with E-state index in [0.29, 0.717) is 18.2 Å². The van der Waals surface area contributed by atoms with E-state index < -0.39 is 44.5 Å². The van der Waals surface area contributed by atoms with Crippen molar-refractivity contribution in [2.45, 2.75) is 10.9 Å². The number of sulfonamides is 1. The fourth-order valence-electron chi connectivity index (χ4n) is 1.86. The van der Waals surface area contributed by atoms with Crippen LogP contribution in [0.25, 0.3) is 0 Å². The highest BCUT2D eigenvalue weighted by atomic mass is 32.2. The van der Waals surface area contributed by atoms with Crippen LogP contribution in [0.2, 0.25) is 0 Å². The first-order valence-corrected chi connectivity index (χ1v) is 7.07. The van der Waals surface area contributed by atoms with E-state index in [1.807, 2.05) is 0 Å². The van der Waals surface area contributed by atoms with Crippen molar-refractivity contribution in [2.24, 2.45) is 5.92 Å². The molecular weight excluding hydrogens is 296 g/mol. The third-order valence-corrected chi connectivity index (χ3v) is 4.32. The molecule has 2 N–H and O–H groups in total. The summed E-state index contributed by atoms with van der Waals surface area (Å²) in [6.07, 6.45) is 0. The lowest BCUT2D eigenvalue weighted by Gasteiger charge is -2.15. The number of hydrogen-bond acceptors (Lipinski definition) is 4. The highest BCUT2D eigenvalue weighted by Gasteiger charge is 2.37. The average Bonchev–Trinajstić information content (AvgIpc) is 2.75. The number of carboxylic acid groups (broad SMARTS) is 1. The first-order valence-electron chi connectivity index (χ1n) is 5.58. The smallest absolute Gasteiger partial charge is 0.310 e. The molecule has 1 aliphatic heterocycles. The van der Waals surface area contributed by atoms with Gasteiger partial charge in [-0.05, 0) is 12.1 Å². The van der Waals surface area contributed by atoms with Gasteiger partial charge in [0.2, 0.25) is 10.0 Å². The van der Waals surface area contributed by atoms with Gasteiger partial charge in [0.15, 0.2) is 0 Å². The van der Waals surface area contributed by atoms with Crippen LogP contribution in [0.4, 0.5) is 8.78 Å². The summed E-state index contributed by atoms with van der Waals surface area (Å²) in [5.74, 6) is -4.32. The molecule has 1 aromatic carbocycles. The van der Waals surface area contributed by atoms with Crippen molar-refractivity contribution in [1.82, 2.24) is 4.72 Å². The quantitative estimate of drug-likeness (QED) is 0.837. The van der Waals surface area contributed by atoms with Crippen molar-refractivity contribution >= 4 is 16.0 Å². The van der Waals surface area contributed by atoms with E-state index in [0.717, 1.165) is 0 Å². The minimum absolute atomic E-state index is 0.117. The number of rotatable bonds is 4. The zero-order valence-corrected chi connectivity index (χ0v) is 10.9. The van der Waals surface area contributed by atoms with E-state index in [4.69, 9.17) is 9.84 Å². The zero-order valence-electron chi connectivity index (χ0n) is 10.0. The number of nitrogens with one attached hydrogen (secondary N) is 1. The molecule has 2 unspecified atom stereocenters. The molecule has 0 spiro atoms. The molecule has 0 radical (unpaired) electrons. The summed E-state index contributed by atoms with van der Waals surface area (Å²) >= 11 is 0. The Kier molecular flexibility index (Phi) is 4.02. The molecule has 110 valence electrons. The fraction of sp³-hybridized carbons (Fsp3) is 0.364. The molecule has 1 aliphatic rings. The second-order valence-corrected chi connectivity index (χ2v) is 6.03. The molecule has 0 aliphatic carbocycles. The van der Waals surface area contributed by atoms with Crippen molar-refractivity contribution in [3.8, 4) is 0 Å². The molecule has 1 aromatic rings. The largest absolute Gasteiger partial charge is 0.481 e. The first-order chi connectivity index (χ1) is 9.29. The predicted molar refractivity (Wildman–Crippen MR) is 62.4 cm³/mol. The van der Waals surface area contributed by atoms with Gasteiger partial charge in [-0.15, -0.1) is 0 Å². The maximum absolute atomic E-state index is 13.0. The molecule has 2 atom stereocenters. The van der Waals surface area contributed by atoms with E-state index >= 15 is 0 Å². The van der Waals surface area contributed by atoms with Gasteiger partial charge in [0.05, 0.1) is 30.1 Å². The van der Waals surface area contributed by atoms with E-state index in [1.54, 1.807) is 0 Å². The number of carboxylic acids is 1. The molecule has 20 heavy (non-hydrogen) atoms. The normalized spacial score (nSPS) is 22.9. The van der Waals surface area contributed by atoms with Gasteiger partial charge in [0.1, 0.15) is 11.6 Å².